The predicted molar refractivity (Wildman–Crippen MR) is 50.7 cm³/mol. The molecule has 2 nitrogen and oxygen atoms in total. The van der Waals surface area contributed by atoms with Crippen molar-refractivity contribution in [2.75, 3.05) is 13.1 Å². The van der Waals surface area contributed by atoms with Gasteiger partial charge in [-0.15, -0.1) is 0 Å². The molecule has 3 aliphatic rings. The van der Waals surface area contributed by atoms with Gasteiger partial charge in [0.2, 0.25) is 0 Å². The number of hydrogen-bond donors (Lipinski definition) is 0. The lowest BCUT2D eigenvalue weighted by Crippen LogP contribution is -2.28. The first kappa shape index (κ1) is 7.63. The van der Waals surface area contributed by atoms with E-state index in [1.54, 1.807) is 0 Å². The number of piperidine rings is 1. The van der Waals surface area contributed by atoms with Crippen molar-refractivity contribution < 1.29 is 4.42 Å². The fourth-order valence-electron chi connectivity index (χ4n) is 2.65. The second-order valence-electron chi connectivity index (χ2n) is 4.30. The topological polar surface area (TPSA) is 16.4 Å². The van der Waals surface area contributed by atoms with E-state index in [2.05, 4.69) is 17.9 Å². The highest BCUT2D eigenvalue weighted by molar-refractivity contribution is 5.26. The van der Waals surface area contributed by atoms with Crippen LogP contribution in [-0.4, -0.2) is 18.0 Å². The SMILES string of the molecule is Cc1cc2c(o1)C1CCN(CC1)C2. The molecule has 0 atom stereocenters. The quantitative estimate of drug-likeness (QED) is 0.604. The minimum absolute atomic E-state index is 0.711. The Hall–Kier alpha value is -0.760. The molecule has 0 saturated carbocycles. The molecule has 0 spiro atoms. The molecule has 0 aliphatic carbocycles. The lowest BCUT2D eigenvalue weighted by molar-refractivity contribution is 0.214. The van der Waals surface area contributed by atoms with Crippen LogP contribution < -0.4 is 0 Å². The molecule has 1 saturated heterocycles. The number of aryl methyl sites for hydroxylation is 1. The maximum Gasteiger partial charge on any atom is 0.111 e. The Morgan fingerprint density at radius 1 is 1.38 bits per heavy atom. The molecular formula is C11H15NO. The standard InChI is InChI=1S/C11H15NO/c1-8-6-10-7-12-4-2-9(3-5-12)11(10)13-8/h6,9H,2-5,7H2,1H3. The maximum absolute atomic E-state index is 5.79. The van der Waals surface area contributed by atoms with Gasteiger partial charge in [0.1, 0.15) is 11.5 Å². The Balaban J connectivity index is 2.08. The van der Waals surface area contributed by atoms with E-state index in [0.29, 0.717) is 5.92 Å². The number of rotatable bonds is 0. The van der Waals surface area contributed by atoms with Crippen molar-refractivity contribution in [3.63, 3.8) is 0 Å². The number of hydrogen-bond acceptors (Lipinski definition) is 2. The van der Waals surface area contributed by atoms with E-state index in [1.807, 2.05) is 0 Å². The highest BCUT2D eigenvalue weighted by Crippen LogP contribution is 2.36. The molecule has 1 aromatic heterocycles. The first-order chi connectivity index (χ1) is 6.33. The van der Waals surface area contributed by atoms with Crippen molar-refractivity contribution in [1.29, 1.82) is 0 Å². The molecule has 0 N–H and O–H groups in total. The summed E-state index contributed by atoms with van der Waals surface area (Å²) in [5.74, 6) is 3.08. The van der Waals surface area contributed by atoms with Gasteiger partial charge >= 0.3 is 0 Å². The van der Waals surface area contributed by atoms with Crippen molar-refractivity contribution in [2.24, 2.45) is 0 Å². The Morgan fingerprint density at radius 3 is 2.92 bits per heavy atom. The normalized spacial score (nSPS) is 31.5. The minimum atomic E-state index is 0.711. The number of furan rings is 1. The van der Waals surface area contributed by atoms with Gasteiger partial charge in [-0.25, -0.2) is 0 Å². The lowest BCUT2D eigenvalue weighted by Gasteiger charge is -2.26. The molecule has 0 aromatic carbocycles. The fourth-order valence-corrected chi connectivity index (χ4v) is 2.65. The average Bonchev–Trinajstić information content (AvgIpc) is 2.33. The summed E-state index contributed by atoms with van der Waals surface area (Å²) < 4.78 is 5.79. The summed E-state index contributed by atoms with van der Waals surface area (Å²) in [7, 11) is 0. The van der Waals surface area contributed by atoms with Crippen LogP contribution in [-0.2, 0) is 6.54 Å². The maximum atomic E-state index is 5.79. The third kappa shape index (κ3) is 1.12. The van der Waals surface area contributed by atoms with Crippen molar-refractivity contribution >= 4 is 0 Å². The first-order valence-corrected chi connectivity index (χ1v) is 5.14. The molecule has 2 bridgehead atoms. The second-order valence-corrected chi connectivity index (χ2v) is 4.30. The van der Waals surface area contributed by atoms with E-state index in [-0.39, 0.29) is 0 Å². The zero-order valence-electron chi connectivity index (χ0n) is 8.05. The van der Waals surface area contributed by atoms with Gasteiger partial charge in [0.25, 0.3) is 0 Å². The molecule has 0 radical (unpaired) electrons. The third-order valence-corrected chi connectivity index (χ3v) is 3.32. The van der Waals surface area contributed by atoms with Crippen LogP contribution in [0.3, 0.4) is 0 Å². The molecule has 13 heavy (non-hydrogen) atoms. The number of nitrogens with zero attached hydrogens (tertiary/aromatic N) is 1. The molecule has 4 heterocycles. The van der Waals surface area contributed by atoms with Crippen molar-refractivity contribution in [3.8, 4) is 0 Å². The van der Waals surface area contributed by atoms with E-state index in [1.165, 1.54) is 37.3 Å². The van der Waals surface area contributed by atoms with Gasteiger partial charge in [-0.2, -0.15) is 0 Å². The number of fused-ring (bicyclic) bond motifs is 2. The lowest BCUT2D eigenvalue weighted by atomic mass is 9.95. The Bertz CT molecular complexity index is 321. The van der Waals surface area contributed by atoms with Crippen molar-refractivity contribution in [3.05, 3.63) is 23.2 Å². The molecule has 0 unspecified atom stereocenters. The fraction of sp³-hybridized carbons (Fsp3) is 0.636. The van der Waals surface area contributed by atoms with Crippen LogP contribution in [0, 0.1) is 6.92 Å². The molecule has 4 rings (SSSR count). The summed E-state index contributed by atoms with van der Waals surface area (Å²) in [6.45, 7) is 5.68. The van der Waals surface area contributed by atoms with Gasteiger partial charge in [-0.05, 0) is 38.9 Å². The Kier molecular flexibility index (Phi) is 1.53. The van der Waals surface area contributed by atoms with E-state index in [9.17, 15) is 0 Å². The zero-order chi connectivity index (χ0) is 8.84. The van der Waals surface area contributed by atoms with Crippen LogP contribution in [0.1, 0.15) is 35.8 Å². The van der Waals surface area contributed by atoms with Gasteiger partial charge in [-0.1, -0.05) is 0 Å². The van der Waals surface area contributed by atoms with Crippen LogP contribution >= 0.6 is 0 Å². The summed E-state index contributed by atoms with van der Waals surface area (Å²) in [5, 5.41) is 0. The summed E-state index contributed by atoms with van der Waals surface area (Å²) >= 11 is 0. The molecule has 1 aromatic rings. The summed E-state index contributed by atoms with van der Waals surface area (Å²) in [5.41, 5.74) is 1.44. The molecule has 2 heteroatoms. The Labute approximate surface area is 78.5 Å². The highest BCUT2D eigenvalue weighted by Gasteiger charge is 2.30. The van der Waals surface area contributed by atoms with Crippen LogP contribution in [0.25, 0.3) is 0 Å². The zero-order valence-corrected chi connectivity index (χ0v) is 8.05. The van der Waals surface area contributed by atoms with E-state index < -0.39 is 0 Å². The molecule has 1 fully saturated rings. The predicted octanol–water partition coefficient (Wildman–Crippen LogP) is 2.28. The van der Waals surface area contributed by atoms with E-state index in [0.717, 1.165) is 12.3 Å². The van der Waals surface area contributed by atoms with E-state index >= 15 is 0 Å². The van der Waals surface area contributed by atoms with Gasteiger partial charge in [0.15, 0.2) is 0 Å². The minimum Gasteiger partial charge on any atom is -0.466 e. The van der Waals surface area contributed by atoms with E-state index in [4.69, 9.17) is 4.42 Å². The molecule has 0 amide bonds. The molecule has 70 valence electrons. The van der Waals surface area contributed by atoms with Gasteiger partial charge in [-0.3, -0.25) is 4.90 Å². The summed E-state index contributed by atoms with van der Waals surface area (Å²) in [6.07, 6.45) is 2.58. The van der Waals surface area contributed by atoms with Gasteiger partial charge in [0.05, 0.1) is 0 Å². The van der Waals surface area contributed by atoms with Gasteiger partial charge < -0.3 is 4.42 Å². The van der Waals surface area contributed by atoms with Crippen LogP contribution in [0.4, 0.5) is 0 Å². The van der Waals surface area contributed by atoms with Crippen LogP contribution in [0.2, 0.25) is 0 Å². The summed E-state index contributed by atoms with van der Waals surface area (Å²) in [6, 6.07) is 2.21. The largest absolute Gasteiger partial charge is 0.466 e. The second kappa shape index (κ2) is 2.61. The average molecular weight is 177 g/mol. The molecule has 3 aliphatic heterocycles. The Morgan fingerprint density at radius 2 is 2.15 bits per heavy atom. The molecular weight excluding hydrogens is 162 g/mol. The first-order valence-electron chi connectivity index (χ1n) is 5.14. The van der Waals surface area contributed by atoms with Crippen molar-refractivity contribution in [2.45, 2.75) is 32.2 Å². The monoisotopic (exact) mass is 177 g/mol. The highest BCUT2D eigenvalue weighted by atomic mass is 16.3. The third-order valence-electron chi connectivity index (χ3n) is 3.32. The summed E-state index contributed by atoms with van der Waals surface area (Å²) in [4.78, 5) is 2.54. The van der Waals surface area contributed by atoms with Gasteiger partial charge in [0, 0.05) is 18.0 Å². The van der Waals surface area contributed by atoms with Crippen LogP contribution in [0.15, 0.2) is 10.5 Å². The smallest absolute Gasteiger partial charge is 0.111 e. The van der Waals surface area contributed by atoms with Crippen molar-refractivity contribution in [1.82, 2.24) is 4.90 Å². The van der Waals surface area contributed by atoms with Crippen LogP contribution in [0.5, 0.6) is 0 Å².